The van der Waals surface area contributed by atoms with E-state index in [0.29, 0.717) is 5.82 Å². The Morgan fingerprint density at radius 2 is 2.04 bits per heavy atom. The highest BCUT2D eigenvalue weighted by atomic mass is 19.4. The van der Waals surface area contributed by atoms with E-state index in [1.54, 1.807) is 0 Å². The molecule has 2 rings (SSSR count). The van der Waals surface area contributed by atoms with Crippen molar-refractivity contribution in [3.05, 3.63) is 53.1 Å². The lowest BCUT2D eigenvalue weighted by Gasteiger charge is -2.17. The first-order chi connectivity index (χ1) is 10.7. The SMILES string of the molecule is Cc1cccc([C@H](C)c2nccn2C(=O)OCC(F)(F)F)c1C. The van der Waals surface area contributed by atoms with Gasteiger partial charge >= 0.3 is 12.3 Å². The van der Waals surface area contributed by atoms with Gasteiger partial charge < -0.3 is 4.74 Å². The Kier molecular flexibility index (Phi) is 4.77. The van der Waals surface area contributed by atoms with Gasteiger partial charge in [-0.05, 0) is 30.5 Å². The van der Waals surface area contributed by atoms with Gasteiger partial charge in [-0.2, -0.15) is 13.2 Å². The van der Waals surface area contributed by atoms with Gasteiger partial charge in [-0.3, -0.25) is 0 Å². The molecule has 0 saturated heterocycles. The minimum Gasteiger partial charge on any atom is -0.439 e. The van der Waals surface area contributed by atoms with Crippen LogP contribution in [0.25, 0.3) is 0 Å². The van der Waals surface area contributed by atoms with E-state index in [1.807, 2.05) is 39.0 Å². The van der Waals surface area contributed by atoms with Crippen molar-refractivity contribution in [3.8, 4) is 0 Å². The third kappa shape index (κ3) is 3.91. The molecule has 0 aliphatic carbocycles. The molecule has 0 radical (unpaired) electrons. The van der Waals surface area contributed by atoms with Gasteiger partial charge in [0.1, 0.15) is 5.82 Å². The number of imidazole rings is 1. The summed E-state index contributed by atoms with van der Waals surface area (Å²) in [5.74, 6) is 0.0780. The summed E-state index contributed by atoms with van der Waals surface area (Å²) in [6, 6.07) is 5.77. The average molecular weight is 326 g/mol. The molecular weight excluding hydrogens is 309 g/mol. The number of ether oxygens (including phenoxy) is 1. The van der Waals surface area contributed by atoms with Crippen LogP contribution in [0.2, 0.25) is 0 Å². The van der Waals surface area contributed by atoms with Crippen molar-refractivity contribution in [3.63, 3.8) is 0 Å². The summed E-state index contributed by atoms with van der Waals surface area (Å²) in [6.07, 6.45) is -2.98. The van der Waals surface area contributed by atoms with Gasteiger partial charge in [-0.1, -0.05) is 25.1 Å². The Bertz CT molecular complexity index is 708. The first kappa shape index (κ1) is 17.1. The van der Waals surface area contributed by atoms with Crippen molar-refractivity contribution >= 4 is 6.09 Å². The molecule has 0 aliphatic rings. The maximum Gasteiger partial charge on any atom is 0.422 e. The molecule has 0 amide bonds. The molecule has 0 unspecified atom stereocenters. The molecule has 2 aromatic rings. The highest BCUT2D eigenvalue weighted by molar-refractivity contribution is 5.71. The second kappa shape index (κ2) is 6.44. The number of benzene rings is 1. The van der Waals surface area contributed by atoms with E-state index in [9.17, 15) is 18.0 Å². The van der Waals surface area contributed by atoms with Gasteiger partial charge in [-0.15, -0.1) is 0 Å². The van der Waals surface area contributed by atoms with E-state index in [4.69, 9.17) is 0 Å². The predicted molar refractivity (Wildman–Crippen MR) is 78.5 cm³/mol. The maximum absolute atomic E-state index is 12.2. The molecule has 7 heteroatoms. The van der Waals surface area contributed by atoms with E-state index >= 15 is 0 Å². The van der Waals surface area contributed by atoms with Crippen molar-refractivity contribution in [2.45, 2.75) is 32.9 Å². The molecule has 0 aliphatic heterocycles. The number of carbonyl (C=O) groups is 1. The highest BCUT2D eigenvalue weighted by Crippen LogP contribution is 2.27. The number of hydrogen-bond acceptors (Lipinski definition) is 3. The standard InChI is InChI=1S/C16H17F3N2O2/c1-10-5-4-6-13(11(10)2)12(3)14-20-7-8-21(14)15(22)23-9-16(17,18)19/h4-8,12H,9H2,1-3H3/t12-/m0/s1. The van der Waals surface area contributed by atoms with E-state index in [0.717, 1.165) is 21.3 Å². The van der Waals surface area contributed by atoms with Gasteiger partial charge in [0.25, 0.3) is 0 Å². The Morgan fingerprint density at radius 1 is 1.35 bits per heavy atom. The number of halogens is 3. The first-order valence-corrected chi connectivity index (χ1v) is 7.04. The average Bonchev–Trinajstić information content (AvgIpc) is 2.95. The molecule has 1 heterocycles. The van der Waals surface area contributed by atoms with E-state index in [1.165, 1.54) is 12.4 Å². The van der Waals surface area contributed by atoms with Gasteiger partial charge in [0.15, 0.2) is 6.61 Å². The molecule has 23 heavy (non-hydrogen) atoms. The summed E-state index contributed by atoms with van der Waals surface area (Å²) in [7, 11) is 0. The van der Waals surface area contributed by atoms with Gasteiger partial charge in [0, 0.05) is 18.3 Å². The number of carbonyl (C=O) groups excluding carboxylic acids is 1. The zero-order valence-corrected chi connectivity index (χ0v) is 13.0. The maximum atomic E-state index is 12.2. The van der Waals surface area contributed by atoms with Gasteiger partial charge in [0.2, 0.25) is 0 Å². The predicted octanol–water partition coefficient (Wildman–Crippen LogP) is 4.20. The number of aromatic nitrogens is 2. The van der Waals surface area contributed by atoms with Gasteiger partial charge in [-0.25, -0.2) is 14.3 Å². The Morgan fingerprint density at radius 3 is 2.70 bits per heavy atom. The van der Waals surface area contributed by atoms with Crippen molar-refractivity contribution in [1.82, 2.24) is 9.55 Å². The van der Waals surface area contributed by atoms with Gasteiger partial charge in [0.05, 0.1) is 0 Å². The third-order valence-corrected chi connectivity index (χ3v) is 3.73. The van der Waals surface area contributed by atoms with Crippen LogP contribution in [0.4, 0.5) is 18.0 Å². The second-order valence-electron chi connectivity index (χ2n) is 5.34. The fourth-order valence-corrected chi connectivity index (χ4v) is 2.38. The highest BCUT2D eigenvalue weighted by Gasteiger charge is 2.30. The zero-order chi connectivity index (χ0) is 17.2. The number of aryl methyl sites for hydroxylation is 1. The first-order valence-electron chi connectivity index (χ1n) is 7.04. The van der Waals surface area contributed by atoms with Crippen LogP contribution < -0.4 is 0 Å². The molecule has 0 saturated carbocycles. The lowest BCUT2D eigenvalue weighted by Crippen LogP contribution is -2.24. The molecule has 1 aromatic carbocycles. The molecule has 1 aromatic heterocycles. The molecule has 124 valence electrons. The summed E-state index contributed by atoms with van der Waals surface area (Å²) in [5, 5.41) is 0. The molecular formula is C16H17F3N2O2. The topological polar surface area (TPSA) is 44.1 Å². The molecule has 1 atom stereocenters. The lowest BCUT2D eigenvalue weighted by atomic mass is 9.93. The van der Waals surface area contributed by atoms with Crippen molar-refractivity contribution in [2.24, 2.45) is 0 Å². The van der Waals surface area contributed by atoms with Crippen LogP contribution in [-0.4, -0.2) is 28.4 Å². The van der Waals surface area contributed by atoms with Crippen molar-refractivity contribution in [2.75, 3.05) is 6.61 Å². The monoisotopic (exact) mass is 326 g/mol. The van der Waals surface area contributed by atoms with Crippen LogP contribution in [0.1, 0.15) is 35.4 Å². The number of rotatable bonds is 3. The number of alkyl halides is 3. The lowest BCUT2D eigenvalue weighted by molar-refractivity contribution is -0.160. The molecule has 0 bridgehead atoms. The van der Waals surface area contributed by atoms with E-state index in [-0.39, 0.29) is 5.92 Å². The smallest absolute Gasteiger partial charge is 0.422 e. The van der Waals surface area contributed by atoms with E-state index in [2.05, 4.69) is 9.72 Å². The third-order valence-electron chi connectivity index (χ3n) is 3.73. The zero-order valence-electron chi connectivity index (χ0n) is 13.0. The summed E-state index contributed by atoms with van der Waals surface area (Å²) < 4.78 is 41.8. The van der Waals surface area contributed by atoms with Crippen LogP contribution >= 0.6 is 0 Å². The van der Waals surface area contributed by atoms with Crippen LogP contribution in [0, 0.1) is 13.8 Å². The van der Waals surface area contributed by atoms with Crippen LogP contribution in [-0.2, 0) is 4.74 Å². The summed E-state index contributed by atoms with van der Waals surface area (Å²) in [5.41, 5.74) is 3.10. The quantitative estimate of drug-likeness (QED) is 0.849. The fourth-order valence-electron chi connectivity index (χ4n) is 2.38. The molecule has 0 N–H and O–H groups in total. The summed E-state index contributed by atoms with van der Waals surface area (Å²) in [6.45, 7) is 4.14. The Labute approximate surface area is 131 Å². The van der Waals surface area contributed by atoms with Crippen molar-refractivity contribution in [1.29, 1.82) is 0 Å². The molecule has 4 nitrogen and oxygen atoms in total. The minimum absolute atomic E-state index is 0.261. The normalized spacial score (nSPS) is 13.0. The largest absolute Gasteiger partial charge is 0.439 e. The Hall–Kier alpha value is -2.31. The van der Waals surface area contributed by atoms with Crippen LogP contribution in [0.3, 0.4) is 0 Å². The minimum atomic E-state index is -4.56. The summed E-state index contributed by atoms with van der Waals surface area (Å²) in [4.78, 5) is 16.0. The van der Waals surface area contributed by atoms with E-state index < -0.39 is 18.9 Å². The van der Waals surface area contributed by atoms with Crippen LogP contribution in [0.5, 0.6) is 0 Å². The number of nitrogens with zero attached hydrogens (tertiary/aromatic N) is 2. The van der Waals surface area contributed by atoms with Crippen molar-refractivity contribution < 1.29 is 22.7 Å². The molecule has 0 spiro atoms. The van der Waals surface area contributed by atoms with Crippen LogP contribution in [0.15, 0.2) is 30.6 Å². The Balaban J connectivity index is 2.26. The summed E-state index contributed by atoms with van der Waals surface area (Å²) >= 11 is 0. The second-order valence-corrected chi connectivity index (χ2v) is 5.34. The number of hydrogen-bond donors (Lipinski definition) is 0. The molecule has 0 fully saturated rings. The fraction of sp³-hybridized carbons (Fsp3) is 0.375.